The maximum absolute atomic E-state index is 12.7. The van der Waals surface area contributed by atoms with Crippen molar-refractivity contribution in [2.45, 2.75) is 6.23 Å². The average molecular weight is 342 g/mol. The molecule has 1 N–H and O–H groups in total. The van der Waals surface area contributed by atoms with Crippen LogP contribution in [0.15, 0.2) is 36.8 Å². The lowest BCUT2D eigenvalue weighted by Gasteiger charge is -2.25. The van der Waals surface area contributed by atoms with Gasteiger partial charge >= 0.3 is 6.09 Å². The van der Waals surface area contributed by atoms with Crippen LogP contribution in [0.3, 0.4) is 0 Å². The summed E-state index contributed by atoms with van der Waals surface area (Å²) in [7, 11) is 3.42. The van der Waals surface area contributed by atoms with Crippen LogP contribution in [-0.2, 0) is 4.74 Å². The Morgan fingerprint density at radius 3 is 2.80 bits per heavy atom. The van der Waals surface area contributed by atoms with Gasteiger partial charge in [-0.2, -0.15) is 0 Å². The number of nitrogens with zero attached hydrogens (tertiary/aromatic N) is 5. The minimum atomic E-state index is -1.00. The standard InChI is InChI=1S/C16H18N6O3/c1-17-9-10-21(2)16(24)25-15-13-12(19-7-8-20-13)14(23)22(15)11-5-3-4-6-18-11/h3-8,15,17H,9-10H2,1-2H3. The zero-order chi connectivity index (χ0) is 17.8. The highest BCUT2D eigenvalue weighted by molar-refractivity contribution is 6.08. The number of hydrogen-bond donors (Lipinski definition) is 1. The van der Waals surface area contributed by atoms with Crippen LogP contribution in [0.5, 0.6) is 0 Å². The Hall–Kier alpha value is -3.07. The summed E-state index contributed by atoms with van der Waals surface area (Å²) >= 11 is 0. The fraction of sp³-hybridized carbons (Fsp3) is 0.312. The van der Waals surface area contributed by atoms with E-state index < -0.39 is 18.2 Å². The van der Waals surface area contributed by atoms with E-state index in [1.54, 1.807) is 38.5 Å². The van der Waals surface area contributed by atoms with E-state index >= 15 is 0 Å². The number of hydrogen-bond acceptors (Lipinski definition) is 7. The van der Waals surface area contributed by atoms with E-state index in [1.165, 1.54) is 22.2 Å². The molecular weight excluding hydrogens is 324 g/mol. The molecular formula is C16H18N6O3. The van der Waals surface area contributed by atoms with Crippen molar-refractivity contribution < 1.29 is 14.3 Å². The summed E-state index contributed by atoms with van der Waals surface area (Å²) in [6.45, 7) is 1.09. The van der Waals surface area contributed by atoms with Crippen molar-refractivity contribution in [3.8, 4) is 0 Å². The van der Waals surface area contributed by atoms with Gasteiger partial charge in [0.2, 0.25) is 6.23 Å². The second-order valence-corrected chi connectivity index (χ2v) is 5.41. The lowest BCUT2D eigenvalue weighted by molar-refractivity contribution is 0.0646. The first kappa shape index (κ1) is 16.8. The molecule has 25 heavy (non-hydrogen) atoms. The van der Waals surface area contributed by atoms with Gasteiger partial charge in [0.25, 0.3) is 5.91 Å². The van der Waals surface area contributed by atoms with Crippen LogP contribution < -0.4 is 10.2 Å². The van der Waals surface area contributed by atoms with Gasteiger partial charge in [-0.3, -0.25) is 9.78 Å². The molecule has 1 atom stereocenters. The van der Waals surface area contributed by atoms with Crippen LogP contribution in [0, 0.1) is 0 Å². The van der Waals surface area contributed by atoms with E-state index in [1.807, 2.05) is 0 Å². The molecule has 3 rings (SSSR count). The van der Waals surface area contributed by atoms with Gasteiger partial charge in [0, 0.05) is 38.7 Å². The number of likely N-dealkylation sites (N-methyl/N-ethyl adjacent to an activating group) is 2. The minimum Gasteiger partial charge on any atom is -0.419 e. The topological polar surface area (TPSA) is 101 Å². The smallest absolute Gasteiger partial charge is 0.411 e. The Labute approximate surface area is 144 Å². The Kier molecular flexibility index (Phi) is 4.85. The lowest BCUT2D eigenvalue weighted by atomic mass is 10.3. The molecule has 3 heterocycles. The van der Waals surface area contributed by atoms with Crippen LogP contribution >= 0.6 is 0 Å². The first-order valence-corrected chi connectivity index (χ1v) is 7.75. The number of carbonyl (C=O) groups is 2. The molecule has 2 aromatic rings. The van der Waals surface area contributed by atoms with Crippen molar-refractivity contribution in [2.75, 3.05) is 32.1 Å². The number of rotatable bonds is 5. The molecule has 1 aliphatic heterocycles. The Balaban J connectivity index is 1.90. The predicted molar refractivity (Wildman–Crippen MR) is 88.9 cm³/mol. The van der Waals surface area contributed by atoms with E-state index in [0.717, 1.165) is 0 Å². The molecule has 0 saturated heterocycles. The van der Waals surface area contributed by atoms with Crippen LogP contribution in [0.1, 0.15) is 22.4 Å². The summed E-state index contributed by atoms with van der Waals surface area (Å²) in [5.41, 5.74) is 0.456. The van der Waals surface area contributed by atoms with Gasteiger partial charge in [0.1, 0.15) is 11.5 Å². The van der Waals surface area contributed by atoms with Crippen molar-refractivity contribution >= 4 is 17.8 Å². The summed E-state index contributed by atoms with van der Waals surface area (Å²) in [5.74, 6) is -0.0412. The molecule has 0 spiro atoms. The van der Waals surface area contributed by atoms with Crippen LogP contribution in [0.25, 0.3) is 0 Å². The molecule has 0 bridgehead atoms. The Bertz CT molecular complexity index is 769. The van der Waals surface area contributed by atoms with Gasteiger partial charge in [-0.15, -0.1) is 0 Å². The summed E-state index contributed by atoms with van der Waals surface area (Å²) in [4.78, 5) is 40.2. The van der Waals surface area contributed by atoms with Gasteiger partial charge in [0.05, 0.1) is 0 Å². The number of pyridine rings is 1. The lowest BCUT2D eigenvalue weighted by Crippen LogP contribution is -2.38. The number of aromatic nitrogens is 3. The van der Waals surface area contributed by atoms with E-state index in [9.17, 15) is 9.59 Å². The monoisotopic (exact) mass is 342 g/mol. The molecule has 1 aliphatic rings. The number of ether oxygens (including phenoxy) is 1. The van der Waals surface area contributed by atoms with E-state index in [0.29, 0.717) is 24.6 Å². The maximum atomic E-state index is 12.7. The number of fused-ring (bicyclic) bond motifs is 1. The van der Waals surface area contributed by atoms with Gasteiger partial charge in [0.15, 0.2) is 5.69 Å². The molecule has 130 valence electrons. The van der Waals surface area contributed by atoms with Gasteiger partial charge in [-0.25, -0.2) is 19.7 Å². The molecule has 9 nitrogen and oxygen atoms in total. The third-order valence-corrected chi connectivity index (χ3v) is 3.73. The van der Waals surface area contributed by atoms with Crippen molar-refractivity contribution in [2.24, 2.45) is 0 Å². The van der Waals surface area contributed by atoms with Crippen molar-refractivity contribution in [1.82, 2.24) is 25.2 Å². The van der Waals surface area contributed by atoms with Crippen molar-refractivity contribution in [1.29, 1.82) is 0 Å². The van der Waals surface area contributed by atoms with E-state index in [-0.39, 0.29) is 5.69 Å². The van der Waals surface area contributed by atoms with Gasteiger partial charge in [-0.05, 0) is 19.2 Å². The first-order chi connectivity index (χ1) is 12.1. The zero-order valence-corrected chi connectivity index (χ0v) is 13.9. The predicted octanol–water partition coefficient (Wildman–Crippen LogP) is 0.818. The molecule has 0 aliphatic carbocycles. The maximum Gasteiger partial charge on any atom is 0.411 e. The van der Waals surface area contributed by atoms with Gasteiger partial charge < -0.3 is 15.0 Å². The van der Waals surface area contributed by atoms with Gasteiger partial charge in [-0.1, -0.05) is 6.07 Å². The number of amides is 2. The quantitative estimate of drug-likeness (QED) is 0.858. The summed E-state index contributed by atoms with van der Waals surface area (Å²) in [6.07, 6.45) is 2.88. The second kappa shape index (κ2) is 7.22. The minimum absolute atomic E-state index is 0.156. The molecule has 2 aromatic heterocycles. The number of anilines is 1. The highest BCUT2D eigenvalue weighted by Gasteiger charge is 2.43. The first-order valence-electron chi connectivity index (χ1n) is 7.75. The number of nitrogens with one attached hydrogen (secondary N) is 1. The third-order valence-electron chi connectivity index (χ3n) is 3.73. The van der Waals surface area contributed by atoms with E-state index in [4.69, 9.17) is 4.74 Å². The third kappa shape index (κ3) is 3.26. The Morgan fingerprint density at radius 2 is 2.08 bits per heavy atom. The molecule has 0 fully saturated rings. The largest absolute Gasteiger partial charge is 0.419 e. The van der Waals surface area contributed by atoms with E-state index in [2.05, 4.69) is 20.3 Å². The fourth-order valence-corrected chi connectivity index (χ4v) is 2.42. The molecule has 2 amide bonds. The normalized spacial score (nSPS) is 15.8. The summed E-state index contributed by atoms with van der Waals surface area (Å²) in [5, 5.41) is 2.96. The van der Waals surface area contributed by atoms with Crippen LogP contribution in [0.4, 0.5) is 10.6 Å². The highest BCUT2D eigenvalue weighted by Crippen LogP contribution is 2.35. The van der Waals surface area contributed by atoms with Crippen LogP contribution in [0.2, 0.25) is 0 Å². The Morgan fingerprint density at radius 1 is 1.28 bits per heavy atom. The molecule has 1 unspecified atom stereocenters. The average Bonchev–Trinajstić information content (AvgIpc) is 2.92. The number of carbonyl (C=O) groups excluding carboxylic acids is 2. The van der Waals surface area contributed by atoms with Crippen molar-refractivity contribution in [3.05, 3.63) is 48.2 Å². The zero-order valence-electron chi connectivity index (χ0n) is 13.9. The molecule has 9 heteroatoms. The molecule has 0 saturated carbocycles. The van der Waals surface area contributed by atoms with Crippen molar-refractivity contribution in [3.63, 3.8) is 0 Å². The molecule has 0 radical (unpaired) electrons. The highest BCUT2D eigenvalue weighted by atomic mass is 16.6. The summed E-state index contributed by atoms with van der Waals surface area (Å²) in [6, 6.07) is 5.15. The second-order valence-electron chi connectivity index (χ2n) is 5.41. The fourth-order valence-electron chi connectivity index (χ4n) is 2.42. The SMILES string of the molecule is CNCCN(C)C(=O)OC1c2nccnc2C(=O)N1c1ccccn1. The molecule has 0 aromatic carbocycles. The summed E-state index contributed by atoms with van der Waals surface area (Å²) < 4.78 is 5.56. The van der Waals surface area contributed by atoms with Crippen LogP contribution in [-0.4, -0.2) is 59.0 Å².